The molecule has 1 unspecified atom stereocenters. The van der Waals surface area contributed by atoms with Gasteiger partial charge in [0.25, 0.3) is 0 Å². The van der Waals surface area contributed by atoms with Gasteiger partial charge in [0, 0.05) is 52.7 Å². The Morgan fingerprint density at radius 3 is 2.44 bits per heavy atom. The normalized spacial score (nSPS) is 15.9. The van der Waals surface area contributed by atoms with Crippen molar-refractivity contribution in [2.24, 2.45) is 4.99 Å². The van der Waals surface area contributed by atoms with E-state index in [1.54, 1.807) is 7.11 Å². The van der Waals surface area contributed by atoms with Crippen molar-refractivity contribution in [2.45, 2.75) is 32.9 Å². The van der Waals surface area contributed by atoms with Gasteiger partial charge < -0.3 is 20.3 Å². The molecular formula is C25H35N5O2. The molecule has 1 fully saturated rings. The highest BCUT2D eigenvalue weighted by atomic mass is 16.5. The van der Waals surface area contributed by atoms with Crippen molar-refractivity contribution in [3.63, 3.8) is 0 Å². The van der Waals surface area contributed by atoms with Crippen LogP contribution in [0, 0.1) is 0 Å². The molecule has 32 heavy (non-hydrogen) atoms. The first-order chi connectivity index (χ1) is 15.5. The molecule has 0 aliphatic carbocycles. The Kier molecular flexibility index (Phi) is 8.50. The third-order valence-electron chi connectivity index (χ3n) is 5.86. The molecule has 0 aromatic heterocycles. The number of hydrogen-bond acceptors (Lipinski definition) is 4. The Morgan fingerprint density at radius 2 is 1.84 bits per heavy atom. The molecule has 1 aliphatic heterocycles. The molecular weight excluding hydrogens is 402 g/mol. The lowest BCUT2D eigenvalue weighted by molar-refractivity contribution is -0.114. The van der Waals surface area contributed by atoms with E-state index in [1.165, 1.54) is 12.5 Å². The Balaban J connectivity index is 1.58. The smallest absolute Gasteiger partial charge is 0.221 e. The summed E-state index contributed by atoms with van der Waals surface area (Å²) in [6.45, 7) is 8.24. The number of benzene rings is 2. The van der Waals surface area contributed by atoms with Crippen LogP contribution in [-0.4, -0.2) is 62.0 Å². The molecule has 0 spiro atoms. The topological polar surface area (TPSA) is 69.2 Å². The van der Waals surface area contributed by atoms with Crippen molar-refractivity contribution in [2.75, 3.05) is 45.7 Å². The third-order valence-corrected chi connectivity index (χ3v) is 5.86. The Morgan fingerprint density at radius 1 is 1.12 bits per heavy atom. The van der Waals surface area contributed by atoms with Crippen LogP contribution in [0.15, 0.2) is 53.5 Å². The number of carbonyl (C=O) groups excluding carboxylic acids is 1. The molecule has 1 heterocycles. The lowest BCUT2D eigenvalue weighted by Gasteiger charge is -2.40. The maximum Gasteiger partial charge on any atom is 0.221 e. The highest BCUT2D eigenvalue weighted by molar-refractivity contribution is 5.90. The van der Waals surface area contributed by atoms with Crippen LogP contribution in [-0.2, 0) is 11.3 Å². The summed E-state index contributed by atoms with van der Waals surface area (Å²) < 4.78 is 5.34. The second kappa shape index (κ2) is 11.5. The second-order valence-corrected chi connectivity index (χ2v) is 7.97. The summed E-state index contributed by atoms with van der Waals surface area (Å²) in [6, 6.07) is 17.0. The average Bonchev–Trinajstić information content (AvgIpc) is 2.81. The monoisotopic (exact) mass is 437 g/mol. The summed E-state index contributed by atoms with van der Waals surface area (Å²) in [5.41, 5.74) is 3.11. The van der Waals surface area contributed by atoms with Gasteiger partial charge in [-0.15, -0.1) is 0 Å². The standard InChI is InChI=1S/C25H35N5O2/c1-5-23(21-9-7-6-8-10-21)29-13-15-30(16-14-29)25(26-3)27-18-20-11-12-24(32-4)22(17-20)28-19(2)31/h6-12,17,23H,5,13-16,18H2,1-4H3,(H,26,27)(H,28,31). The number of nitrogens with zero attached hydrogens (tertiary/aromatic N) is 3. The zero-order valence-electron chi connectivity index (χ0n) is 19.6. The molecule has 0 bridgehead atoms. The molecule has 0 saturated carbocycles. The van der Waals surface area contributed by atoms with Crippen LogP contribution < -0.4 is 15.4 Å². The van der Waals surface area contributed by atoms with Crippen LogP contribution in [0.4, 0.5) is 5.69 Å². The van der Waals surface area contributed by atoms with Crippen LogP contribution in [0.2, 0.25) is 0 Å². The first-order valence-electron chi connectivity index (χ1n) is 11.2. The van der Waals surface area contributed by atoms with E-state index >= 15 is 0 Å². The first kappa shape index (κ1) is 23.6. The van der Waals surface area contributed by atoms with Gasteiger partial charge in [-0.25, -0.2) is 0 Å². The molecule has 2 N–H and O–H groups in total. The molecule has 1 atom stereocenters. The van der Waals surface area contributed by atoms with Gasteiger partial charge >= 0.3 is 0 Å². The van der Waals surface area contributed by atoms with Gasteiger partial charge in [0.15, 0.2) is 5.96 Å². The van der Waals surface area contributed by atoms with Crippen molar-refractivity contribution in [3.05, 3.63) is 59.7 Å². The first-order valence-corrected chi connectivity index (χ1v) is 11.2. The number of ether oxygens (including phenoxy) is 1. The van der Waals surface area contributed by atoms with E-state index in [1.807, 2.05) is 25.2 Å². The molecule has 0 radical (unpaired) electrons. The number of carbonyl (C=O) groups is 1. The predicted octanol–water partition coefficient (Wildman–Crippen LogP) is 3.50. The predicted molar refractivity (Wildman–Crippen MR) is 130 cm³/mol. The molecule has 1 amide bonds. The van der Waals surface area contributed by atoms with E-state index in [0.717, 1.165) is 44.1 Å². The summed E-state index contributed by atoms with van der Waals surface area (Å²) in [5, 5.41) is 6.29. The molecule has 3 rings (SSSR count). The van der Waals surface area contributed by atoms with Crippen LogP contribution in [0.25, 0.3) is 0 Å². The zero-order valence-corrected chi connectivity index (χ0v) is 19.6. The number of anilines is 1. The van der Waals surface area contributed by atoms with E-state index in [4.69, 9.17) is 4.74 Å². The summed E-state index contributed by atoms with van der Waals surface area (Å²) in [5.74, 6) is 1.42. The third kappa shape index (κ3) is 6.01. The van der Waals surface area contributed by atoms with E-state index in [9.17, 15) is 4.79 Å². The van der Waals surface area contributed by atoms with Crippen LogP contribution in [0.5, 0.6) is 5.75 Å². The van der Waals surface area contributed by atoms with Crippen molar-refractivity contribution in [1.29, 1.82) is 0 Å². The van der Waals surface area contributed by atoms with Crippen molar-refractivity contribution >= 4 is 17.6 Å². The Hall–Kier alpha value is -3.06. The molecule has 2 aromatic carbocycles. The van der Waals surface area contributed by atoms with E-state index in [2.05, 4.69) is 62.7 Å². The van der Waals surface area contributed by atoms with Gasteiger partial charge in [0.2, 0.25) is 5.91 Å². The molecule has 7 nitrogen and oxygen atoms in total. The van der Waals surface area contributed by atoms with Gasteiger partial charge in [0.1, 0.15) is 5.75 Å². The molecule has 172 valence electrons. The Bertz CT molecular complexity index is 908. The fourth-order valence-corrected chi connectivity index (χ4v) is 4.29. The van der Waals surface area contributed by atoms with Gasteiger partial charge in [-0.3, -0.25) is 14.7 Å². The summed E-state index contributed by atoms with van der Waals surface area (Å²) >= 11 is 0. The summed E-state index contributed by atoms with van der Waals surface area (Å²) in [6.07, 6.45) is 1.10. The maximum atomic E-state index is 11.5. The van der Waals surface area contributed by atoms with E-state index < -0.39 is 0 Å². The lowest BCUT2D eigenvalue weighted by Crippen LogP contribution is -2.52. The Labute approximate surface area is 191 Å². The number of rotatable bonds is 7. The fourth-order valence-electron chi connectivity index (χ4n) is 4.29. The van der Waals surface area contributed by atoms with Gasteiger partial charge in [0.05, 0.1) is 12.8 Å². The second-order valence-electron chi connectivity index (χ2n) is 7.97. The largest absolute Gasteiger partial charge is 0.495 e. The van der Waals surface area contributed by atoms with Gasteiger partial charge in [-0.2, -0.15) is 0 Å². The zero-order chi connectivity index (χ0) is 22.9. The molecule has 1 saturated heterocycles. The van der Waals surface area contributed by atoms with Crippen molar-refractivity contribution in [1.82, 2.24) is 15.1 Å². The summed E-state index contributed by atoms with van der Waals surface area (Å²) in [4.78, 5) is 20.9. The number of piperazine rings is 1. The highest BCUT2D eigenvalue weighted by Crippen LogP contribution is 2.26. The van der Waals surface area contributed by atoms with Crippen LogP contribution >= 0.6 is 0 Å². The molecule has 2 aromatic rings. The van der Waals surface area contributed by atoms with Crippen molar-refractivity contribution < 1.29 is 9.53 Å². The van der Waals surface area contributed by atoms with Gasteiger partial charge in [-0.1, -0.05) is 43.3 Å². The fraction of sp³-hybridized carbons (Fsp3) is 0.440. The van der Waals surface area contributed by atoms with Crippen molar-refractivity contribution in [3.8, 4) is 5.75 Å². The minimum Gasteiger partial charge on any atom is -0.495 e. The number of amides is 1. The van der Waals surface area contributed by atoms with E-state index in [-0.39, 0.29) is 5.91 Å². The number of nitrogens with one attached hydrogen (secondary N) is 2. The SMILES string of the molecule is CCC(c1ccccc1)N1CCN(C(=NC)NCc2ccc(OC)c(NC(C)=O)c2)CC1. The minimum absolute atomic E-state index is 0.122. The lowest BCUT2D eigenvalue weighted by atomic mass is 10.0. The van der Waals surface area contributed by atoms with Crippen LogP contribution in [0.1, 0.15) is 37.4 Å². The molecule has 7 heteroatoms. The average molecular weight is 438 g/mol. The quantitative estimate of drug-likeness (QED) is 0.513. The highest BCUT2D eigenvalue weighted by Gasteiger charge is 2.25. The number of guanidine groups is 1. The maximum absolute atomic E-state index is 11.5. The number of hydrogen-bond donors (Lipinski definition) is 2. The number of methoxy groups -OCH3 is 1. The molecule has 1 aliphatic rings. The number of aliphatic imine (C=N–C) groups is 1. The van der Waals surface area contributed by atoms with Gasteiger partial charge in [-0.05, 0) is 29.7 Å². The summed E-state index contributed by atoms with van der Waals surface area (Å²) in [7, 11) is 3.42. The van der Waals surface area contributed by atoms with Crippen LogP contribution in [0.3, 0.4) is 0 Å². The minimum atomic E-state index is -0.122. The van der Waals surface area contributed by atoms with E-state index in [0.29, 0.717) is 24.0 Å².